The van der Waals surface area contributed by atoms with Gasteiger partial charge in [-0.15, -0.1) is 0 Å². The van der Waals surface area contributed by atoms with E-state index in [9.17, 15) is 14.9 Å². The van der Waals surface area contributed by atoms with Crippen LogP contribution in [0.5, 0.6) is 0 Å². The highest BCUT2D eigenvalue weighted by Gasteiger charge is 2.21. The molecule has 2 N–H and O–H groups in total. The Labute approximate surface area is 104 Å². The Morgan fingerprint density at radius 2 is 2.22 bits per heavy atom. The monoisotopic (exact) mass is 250 g/mol. The van der Waals surface area contributed by atoms with E-state index >= 15 is 0 Å². The lowest BCUT2D eigenvalue weighted by molar-refractivity contribution is -0.385. The maximum absolute atomic E-state index is 11.3. The number of nitrogens with zero attached hydrogens (tertiary/aromatic N) is 1. The second-order valence-corrected chi connectivity index (χ2v) is 3.60. The van der Waals surface area contributed by atoms with Gasteiger partial charge in [-0.3, -0.25) is 14.9 Å². The topological polar surface area (TPSA) is 95.5 Å². The van der Waals surface area contributed by atoms with Crippen LogP contribution in [0.2, 0.25) is 0 Å². The predicted molar refractivity (Wildman–Crippen MR) is 65.8 cm³/mol. The molecule has 1 unspecified atom stereocenters. The SMILES string of the molecule is C=CCOC(=O)CC(N)c1ccccc1[N+](=O)[O-]. The minimum absolute atomic E-state index is 0.0958. The molecule has 6 heteroatoms. The quantitative estimate of drug-likeness (QED) is 0.359. The number of carbonyl (C=O) groups excluding carboxylic acids is 1. The Kier molecular flexibility index (Phi) is 5.01. The lowest BCUT2D eigenvalue weighted by Crippen LogP contribution is -2.18. The summed E-state index contributed by atoms with van der Waals surface area (Å²) in [6, 6.07) is 5.30. The van der Waals surface area contributed by atoms with E-state index in [0.29, 0.717) is 5.56 Å². The van der Waals surface area contributed by atoms with Gasteiger partial charge in [0.2, 0.25) is 0 Å². The first-order chi connectivity index (χ1) is 8.56. The molecule has 1 atom stereocenters. The molecule has 6 nitrogen and oxygen atoms in total. The number of hydrogen-bond acceptors (Lipinski definition) is 5. The molecule has 1 rings (SSSR count). The van der Waals surface area contributed by atoms with Crippen LogP contribution in [0, 0.1) is 10.1 Å². The first kappa shape index (κ1) is 13.9. The molecule has 0 aliphatic carbocycles. The minimum Gasteiger partial charge on any atom is -0.461 e. The van der Waals surface area contributed by atoms with Gasteiger partial charge in [0.15, 0.2) is 0 Å². The summed E-state index contributed by atoms with van der Waals surface area (Å²) < 4.78 is 4.78. The normalized spacial score (nSPS) is 11.6. The van der Waals surface area contributed by atoms with Crippen LogP contribution < -0.4 is 5.73 Å². The van der Waals surface area contributed by atoms with E-state index in [4.69, 9.17) is 10.5 Å². The van der Waals surface area contributed by atoms with Crippen LogP contribution in [-0.2, 0) is 9.53 Å². The summed E-state index contributed by atoms with van der Waals surface area (Å²) >= 11 is 0. The molecule has 1 aromatic rings. The lowest BCUT2D eigenvalue weighted by Gasteiger charge is -2.11. The number of hydrogen-bond donors (Lipinski definition) is 1. The summed E-state index contributed by atoms with van der Waals surface area (Å²) in [4.78, 5) is 21.6. The van der Waals surface area contributed by atoms with Crippen molar-refractivity contribution in [3.63, 3.8) is 0 Å². The molecule has 18 heavy (non-hydrogen) atoms. The van der Waals surface area contributed by atoms with Crippen LogP contribution >= 0.6 is 0 Å². The van der Waals surface area contributed by atoms with Crippen molar-refractivity contribution < 1.29 is 14.5 Å². The van der Waals surface area contributed by atoms with Crippen molar-refractivity contribution in [3.8, 4) is 0 Å². The van der Waals surface area contributed by atoms with Crippen molar-refractivity contribution >= 4 is 11.7 Å². The van der Waals surface area contributed by atoms with E-state index in [-0.39, 0.29) is 18.7 Å². The van der Waals surface area contributed by atoms with E-state index in [2.05, 4.69) is 6.58 Å². The molecular formula is C12H14N2O4. The molecule has 0 saturated heterocycles. The van der Waals surface area contributed by atoms with Crippen LogP contribution in [-0.4, -0.2) is 17.5 Å². The van der Waals surface area contributed by atoms with Crippen molar-refractivity contribution in [2.75, 3.05) is 6.61 Å². The van der Waals surface area contributed by atoms with Crippen molar-refractivity contribution in [1.82, 2.24) is 0 Å². The Morgan fingerprint density at radius 1 is 1.56 bits per heavy atom. The van der Waals surface area contributed by atoms with Gasteiger partial charge in [-0.2, -0.15) is 0 Å². The summed E-state index contributed by atoms with van der Waals surface area (Å²) in [5.74, 6) is -0.513. The molecular weight excluding hydrogens is 236 g/mol. The number of nitrogens with two attached hydrogens (primary N) is 1. The minimum atomic E-state index is -0.760. The number of nitro groups is 1. The molecule has 0 aromatic heterocycles. The summed E-state index contributed by atoms with van der Waals surface area (Å²) in [6.45, 7) is 3.51. The van der Waals surface area contributed by atoms with Crippen molar-refractivity contribution in [2.24, 2.45) is 5.73 Å². The predicted octanol–water partition coefficient (Wildman–Crippen LogP) is 1.71. The Hall–Kier alpha value is -2.21. The molecule has 0 saturated carbocycles. The molecule has 0 amide bonds. The highest BCUT2D eigenvalue weighted by atomic mass is 16.6. The third-order valence-electron chi connectivity index (χ3n) is 2.28. The summed E-state index contributed by atoms with van der Waals surface area (Å²) in [5.41, 5.74) is 6.00. The number of esters is 1. The summed E-state index contributed by atoms with van der Waals surface area (Å²) in [6.07, 6.45) is 1.33. The number of nitro benzene ring substituents is 1. The van der Waals surface area contributed by atoms with E-state index in [1.54, 1.807) is 12.1 Å². The van der Waals surface area contributed by atoms with Gasteiger partial charge in [0.25, 0.3) is 5.69 Å². The Morgan fingerprint density at radius 3 is 2.83 bits per heavy atom. The van der Waals surface area contributed by atoms with Gasteiger partial charge in [-0.1, -0.05) is 30.9 Å². The highest BCUT2D eigenvalue weighted by molar-refractivity contribution is 5.71. The zero-order valence-corrected chi connectivity index (χ0v) is 9.74. The van der Waals surface area contributed by atoms with Crippen LogP contribution in [0.3, 0.4) is 0 Å². The third-order valence-corrected chi connectivity index (χ3v) is 2.28. The van der Waals surface area contributed by atoms with Gasteiger partial charge < -0.3 is 10.5 Å². The molecule has 1 aromatic carbocycles. The van der Waals surface area contributed by atoms with Gasteiger partial charge in [-0.05, 0) is 0 Å². The highest BCUT2D eigenvalue weighted by Crippen LogP contribution is 2.25. The first-order valence-corrected chi connectivity index (χ1v) is 5.31. The van der Waals surface area contributed by atoms with E-state index < -0.39 is 16.9 Å². The first-order valence-electron chi connectivity index (χ1n) is 5.31. The van der Waals surface area contributed by atoms with E-state index in [1.807, 2.05) is 0 Å². The van der Waals surface area contributed by atoms with Crippen LogP contribution in [0.25, 0.3) is 0 Å². The van der Waals surface area contributed by atoms with Crippen molar-refractivity contribution in [1.29, 1.82) is 0 Å². The zero-order valence-electron chi connectivity index (χ0n) is 9.74. The lowest BCUT2D eigenvalue weighted by atomic mass is 10.0. The molecule has 0 radical (unpaired) electrons. The second-order valence-electron chi connectivity index (χ2n) is 3.60. The third kappa shape index (κ3) is 3.67. The number of para-hydroxylation sites is 1. The number of ether oxygens (including phenoxy) is 1. The number of carbonyl (C=O) groups is 1. The van der Waals surface area contributed by atoms with Gasteiger partial charge in [-0.25, -0.2) is 0 Å². The Bertz CT molecular complexity index is 459. The zero-order chi connectivity index (χ0) is 13.5. The number of benzene rings is 1. The fourth-order valence-electron chi connectivity index (χ4n) is 1.47. The maximum atomic E-state index is 11.3. The fraction of sp³-hybridized carbons (Fsp3) is 0.250. The Balaban J connectivity index is 2.77. The van der Waals surface area contributed by atoms with Crippen LogP contribution in [0.1, 0.15) is 18.0 Å². The van der Waals surface area contributed by atoms with Gasteiger partial charge in [0.05, 0.1) is 11.3 Å². The molecule has 0 aliphatic rings. The molecule has 0 heterocycles. The smallest absolute Gasteiger partial charge is 0.308 e. The molecule has 0 bridgehead atoms. The average molecular weight is 250 g/mol. The summed E-state index contributed by atoms with van der Waals surface area (Å²) in [5, 5.41) is 10.8. The van der Waals surface area contributed by atoms with Crippen LogP contribution in [0.4, 0.5) is 5.69 Å². The van der Waals surface area contributed by atoms with Gasteiger partial charge in [0.1, 0.15) is 6.61 Å². The largest absolute Gasteiger partial charge is 0.461 e. The van der Waals surface area contributed by atoms with Gasteiger partial charge >= 0.3 is 5.97 Å². The van der Waals surface area contributed by atoms with E-state index in [0.717, 1.165) is 0 Å². The molecule has 0 fully saturated rings. The fourth-order valence-corrected chi connectivity index (χ4v) is 1.47. The molecule has 0 aliphatic heterocycles. The van der Waals surface area contributed by atoms with Crippen molar-refractivity contribution in [2.45, 2.75) is 12.5 Å². The van der Waals surface area contributed by atoms with E-state index in [1.165, 1.54) is 18.2 Å². The average Bonchev–Trinajstić information content (AvgIpc) is 2.36. The second kappa shape index (κ2) is 6.51. The van der Waals surface area contributed by atoms with Crippen LogP contribution in [0.15, 0.2) is 36.9 Å². The maximum Gasteiger partial charge on any atom is 0.308 e. The number of rotatable bonds is 6. The summed E-state index contributed by atoms with van der Waals surface area (Å²) in [7, 11) is 0. The van der Waals surface area contributed by atoms with Crippen molar-refractivity contribution in [3.05, 3.63) is 52.6 Å². The van der Waals surface area contributed by atoms with Gasteiger partial charge in [0, 0.05) is 17.7 Å². The molecule has 0 spiro atoms. The molecule has 96 valence electrons. The standard InChI is InChI=1S/C12H14N2O4/c1-2-7-18-12(15)8-10(13)9-5-3-4-6-11(9)14(16)17/h2-6,10H,1,7-8,13H2.